The Hall–Kier alpha value is -1.97. The Bertz CT molecular complexity index is 566. The third kappa shape index (κ3) is 1.62. The van der Waals surface area contributed by atoms with Crippen molar-refractivity contribution in [3.63, 3.8) is 0 Å². The monoisotopic (exact) mass is 219 g/mol. The molecule has 2 aromatic rings. The van der Waals surface area contributed by atoms with Gasteiger partial charge in [-0.15, -0.1) is 0 Å². The molecule has 4 heteroatoms. The van der Waals surface area contributed by atoms with Crippen molar-refractivity contribution in [2.45, 2.75) is 6.92 Å². The first-order valence-electron chi connectivity index (χ1n) is 4.77. The van der Waals surface area contributed by atoms with Gasteiger partial charge in [-0.2, -0.15) is 0 Å². The largest absolute Gasteiger partial charge is 0.464 e. The highest BCUT2D eigenvalue weighted by molar-refractivity contribution is 5.91. The van der Waals surface area contributed by atoms with Crippen LogP contribution >= 0.6 is 0 Å². The van der Waals surface area contributed by atoms with Crippen LogP contribution in [0, 0.1) is 12.7 Å². The normalized spacial score (nSPS) is 10.4. The van der Waals surface area contributed by atoms with E-state index in [-0.39, 0.29) is 11.5 Å². The fraction of sp³-hybridized carbons (Fsp3) is 0.167. The third-order valence-corrected chi connectivity index (χ3v) is 2.44. The third-order valence-electron chi connectivity index (χ3n) is 2.44. The Morgan fingerprint density at radius 1 is 1.31 bits per heavy atom. The van der Waals surface area contributed by atoms with Crippen molar-refractivity contribution < 1.29 is 13.9 Å². The average Bonchev–Trinajstić information content (AvgIpc) is 2.32. The fourth-order valence-corrected chi connectivity index (χ4v) is 1.52. The number of esters is 1. The molecule has 0 aliphatic carbocycles. The van der Waals surface area contributed by atoms with Crippen molar-refractivity contribution in [1.82, 2.24) is 4.98 Å². The van der Waals surface area contributed by atoms with Gasteiger partial charge < -0.3 is 4.74 Å². The molecule has 0 radical (unpaired) electrons. The number of fused-ring (bicyclic) bond motifs is 1. The maximum atomic E-state index is 13.3. The Morgan fingerprint density at radius 3 is 2.69 bits per heavy atom. The summed E-state index contributed by atoms with van der Waals surface area (Å²) in [4.78, 5) is 15.4. The van der Waals surface area contributed by atoms with Crippen molar-refractivity contribution >= 4 is 16.9 Å². The number of methoxy groups -OCH3 is 1. The maximum Gasteiger partial charge on any atom is 0.356 e. The van der Waals surface area contributed by atoms with E-state index >= 15 is 0 Å². The molecule has 16 heavy (non-hydrogen) atoms. The van der Waals surface area contributed by atoms with Crippen LogP contribution in [0.25, 0.3) is 10.9 Å². The van der Waals surface area contributed by atoms with Gasteiger partial charge in [-0.3, -0.25) is 0 Å². The van der Waals surface area contributed by atoms with Gasteiger partial charge in [0.2, 0.25) is 0 Å². The number of aromatic nitrogens is 1. The highest BCUT2D eigenvalue weighted by Crippen LogP contribution is 2.19. The minimum Gasteiger partial charge on any atom is -0.464 e. The van der Waals surface area contributed by atoms with Crippen LogP contribution in [0.3, 0.4) is 0 Å². The smallest absolute Gasteiger partial charge is 0.356 e. The number of pyridine rings is 1. The van der Waals surface area contributed by atoms with E-state index in [9.17, 15) is 9.18 Å². The van der Waals surface area contributed by atoms with Crippen LogP contribution in [0.1, 0.15) is 16.1 Å². The molecular weight excluding hydrogens is 209 g/mol. The zero-order valence-electron chi connectivity index (χ0n) is 8.95. The number of halogens is 1. The van der Waals surface area contributed by atoms with Crippen molar-refractivity contribution in [1.29, 1.82) is 0 Å². The molecule has 0 atom stereocenters. The van der Waals surface area contributed by atoms with Gasteiger partial charge >= 0.3 is 5.97 Å². The summed E-state index contributed by atoms with van der Waals surface area (Å²) in [5.74, 6) is -0.854. The van der Waals surface area contributed by atoms with Gasteiger partial charge in [0.15, 0.2) is 0 Å². The molecule has 1 heterocycles. The summed E-state index contributed by atoms with van der Waals surface area (Å²) in [5, 5.41) is 0.798. The Balaban J connectivity index is 2.69. The molecule has 1 aromatic heterocycles. The quantitative estimate of drug-likeness (QED) is 0.691. The average molecular weight is 219 g/mol. The summed E-state index contributed by atoms with van der Waals surface area (Å²) in [6.45, 7) is 1.63. The topological polar surface area (TPSA) is 39.2 Å². The first-order valence-corrected chi connectivity index (χ1v) is 4.77. The first-order chi connectivity index (χ1) is 7.63. The number of nitrogens with zero attached hydrogens (tertiary/aromatic N) is 1. The molecule has 0 saturated carbocycles. The highest BCUT2D eigenvalue weighted by atomic mass is 19.1. The number of rotatable bonds is 1. The molecule has 0 amide bonds. The number of benzene rings is 1. The van der Waals surface area contributed by atoms with Crippen molar-refractivity contribution in [2.75, 3.05) is 7.11 Å². The minimum atomic E-state index is -0.523. The number of hydrogen-bond donors (Lipinski definition) is 0. The summed E-state index contributed by atoms with van der Waals surface area (Å²) in [7, 11) is 1.28. The molecule has 0 fully saturated rings. The van der Waals surface area contributed by atoms with Crippen LogP contribution in [0.5, 0.6) is 0 Å². The summed E-state index contributed by atoms with van der Waals surface area (Å²) in [5.41, 5.74) is 1.11. The van der Waals surface area contributed by atoms with Crippen LogP contribution in [0.4, 0.5) is 4.39 Å². The molecule has 1 aromatic carbocycles. The maximum absolute atomic E-state index is 13.3. The lowest BCUT2D eigenvalue weighted by Gasteiger charge is -2.04. The second-order valence-electron chi connectivity index (χ2n) is 3.43. The molecule has 2 rings (SSSR count). The standard InChI is InChI=1S/C12H10FNO2/c1-7-9(13)5-3-8-4-6-10(12(15)16-2)14-11(7)8/h3-6H,1-2H3. The number of carbonyl (C=O) groups excluding carboxylic acids is 1. The van der Waals surface area contributed by atoms with Gasteiger partial charge in [0, 0.05) is 10.9 Å². The summed E-state index contributed by atoms with van der Waals surface area (Å²) >= 11 is 0. The second-order valence-corrected chi connectivity index (χ2v) is 3.43. The lowest BCUT2D eigenvalue weighted by atomic mass is 10.1. The van der Waals surface area contributed by atoms with Crippen molar-refractivity contribution in [3.05, 3.63) is 41.3 Å². The fourth-order valence-electron chi connectivity index (χ4n) is 1.52. The molecule has 0 aliphatic heterocycles. The van der Waals surface area contributed by atoms with Crippen molar-refractivity contribution in [3.8, 4) is 0 Å². The van der Waals surface area contributed by atoms with E-state index in [4.69, 9.17) is 0 Å². The van der Waals surface area contributed by atoms with Gasteiger partial charge in [0.1, 0.15) is 11.5 Å². The van der Waals surface area contributed by atoms with E-state index in [0.29, 0.717) is 11.1 Å². The summed E-state index contributed by atoms with van der Waals surface area (Å²) < 4.78 is 17.9. The zero-order chi connectivity index (χ0) is 11.7. The van der Waals surface area contributed by atoms with Crippen LogP contribution in [-0.4, -0.2) is 18.1 Å². The van der Waals surface area contributed by atoms with Crippen LogP contribution in [0.15, 0.2) is 24.3 Å². The lowest BCUT2D eigenvalue weighted by Crippen LogP contribution is -2.04. The van der Waals surface area contributed by atoms with Crippen LogP contribution in [-0.2, 0) is 4.74 Å². The molecule has 0 saturated heterocycles. The number of aryl methyl sites for hydroxylation is 1. The van der Waals surface area contributed by atoms with Gasteiger partial charge in [-0.25, -0.2) is 14.2 Å². The SMILES string of the molecule is COC(=O)c1ccc2ccc(F)c(C)c2n1. The molecule has 0 N–H and O–H groups in total. The van der Waals surface area contributed by atoms with E-state index in [1.54, 1.807) is 25.1 Å². The second kappa shape index (κ2) is 3.89. The predicted molar refractivity (Wildman–Crippen MR) is 57.8 cm³/mol. The van der Waals surface area contributed by atoms with Gasteiger partial charge in [0.25, 0.3) is 0 Å². The van der Waals surface area contributed by atoms with E-state index in [1.807, 2.05) is 0 Å². The Kier molecular flexibility index (Phi) is 2.56. The molecule has 82 valence electrons. The van der Waals surface area contributed by atoms with Gasteiger partial charge in [-0.1, -0.05) is 6.07 Å². The van der Waals surface area contributed by atoms with Gasteiger partial charge in [0.05, 0.1) is 12.6 Å². The number of hydrogen-bond acceptors (Lipinski definition) is 3. The van der Waals surface area contributed by atoms with E-state index < -0.39 is 5.97 Å². The van der Waals surface area contributed by atoms with Crippen LogP contribution < -0.4 is 0 Å². The predicted octanol–water partition coefficient (Wildman–Crippen LogP) is 2.47. The summed E-state index contributed by atoms with van der Waals surface area (Å²) in [6, 6.07) is 6.30. The molecule has 3 nitrogen and oxygen atoms in total. The molecule has 0 bridgehead atoms. The minimum absolute atomic E-state index is 0.184. The van der Waals surface area contributed by atoms with E-state index in [1.165, 1.54) is 13.2 Å². The van der Waals surface area contributed by atoms with E-state index in [0.717, 1.165) is 5.39 Å². The highest BCUT2D eigenvalue weighted by Gasteiger charge is 2.10. The zero-order valence-corrected chi connectivity index (χ0v) is 8.95. The lowest BCUT2D eigenvalue weighted by molar-refractivity contribution is 0.0594. The van der Waals surface area contributed by atoms with Crippen molar-refractivity contribution in [2.24, 2.45) is 0 Å². The molecule has 0 unspecified atom stereocenters. The van der Waals surface area contributed by atoms with E-state index in [2.05, 4.69) is 9.72 Å². The Morgan fingerprint density at radius 2 is 2.00 bits per heavy atom. The number of carbonyl (C=O) groups is 1. The van der Waals surface area contributed by atoms with Gasteiger partial charge in [-0.05, 0) is 25.1 Å². The van der Waals surface area contributed by atoms with Crippen LogP contribution in [0.2, 0.25) is 0 Å². The Labute approximate surface area is 91.9 Å². The number of ether oxygens (including phenoxy) is 1. The first kappa shape index (κ1) is 10.5. The molecular formula is C12H10FNO2. The molecule has 0 spiro atoms. The molecule has 0 aliphatic rings. The summed E-state index contributed by atoms with van der Waals surface area (Å²) in [6.07, 6.45) is 0.